The summed E-state index contributed by atoms with van der Waals surface area (Å²) in [4.78, 5) is 0. The molecule has 0 bridgehead atoms. The minimum atomic E-state index is -0.691. The highest BCUT2D eigenvalue weighted by Gasteiger charge is 2.34. The van der Waals surface area contributed by atoms with Gasteiger partial charge in [0.05, 0.1) is 11.8 Å². The highest BCUT2D eigenvalue weighted by atomic mass is 16.3. The van der Waals surface area contributed by atoms with Crippen LogP contribution in [0.2, 0.25) is 0 Å². The Labute approximate surface area is 90.1 Å². The van der Waals surface area contributed by atoms with Gasteiger partial charge in [0.1, 0.15) is 0 Å². The van der Waals surface area contributed by atoms with Gasteiger partial charge in [0.15, 0.2) is 0 Å². The minimum absolute atomic E-state index is 0.256. The van der Waals surface area contributed by atoms with Gasteiger partial charge in [-0.15, -0.1) is 0 Å². The van der Waals surface area contributed by atoms with E-state index in [4.69, 9.17) is 5.73 Å². The number of nitrogens with zero attached hydrogens (tertiary/aromatic N) is 2. The zero-order valence-electron chi connectivity index (χ0n) is 9.19. The highest BCUT2D eigenvalue weighted by Crippen LogP contribution is 2.36. The topological polar surface area (TPSA) is 64.1 Å². The van der Waals surface area contributed by atoms with Crippen molar-refractivity contribution < 1.29 is 5.11 Å². The summed E-state index contributed by atoms with van der Waals surface area (Å²) in [5, 5.41) is 14.7. The summed E-state index contributed by atoms with van der Waals surface area (Å²) in [6.07, 6.45) is 7.02. The van der Waals surface area contributed by atoms with E-state index in [-0.39, 0.29) is 6.04 Å². The van der Waals surface area contributed by atoms with Crippen molar-refractivity contribution in [3.63, 3.8) is 0 Å². The van der Waals surface area contributed by atoms with Gasteiger partial charge < -0.3 is 10.8 Å². The maximum Gasteiger partial charge on any atom is 0.0928 e. The van der Waals surface area contributed by atoms with E-state index in [1.807, 2.05) is 17.8 Å². The molecule has 0 aromatic carbocycles. The molecule has 0 atom stereocenters. The molecule has 1 fully saturated rings. The third-order valence-corrected chi connectivity index (χ3v) is 3.35. The first-order valence-electron chi connectivity index (χ1n) is 5.65. The molecule has 2 rings (SSSR count). The number of aromatic nitrogens is 2. The second kappa shape index (κ2) is 3.94. The highest BCUT2D eigenvalue weighted by molar-refractivity contribution is 5.16. The molecule has 4 heteroatoms. The smallest absolute Gasteiger partial charge is 0.0928 e. The van der Waals surface area contributed by atoms with E-state index in [1.54, 1.807) is 6.20 Å². The molecular formula is C11H19N3O. The SMILES string of the molecule is CCn1cc(C2(O)CCC(N)CC2)cn1. The molecule has 0 aliphatic heterocycles. The molecule has 1 heterocycles. The molecule has 0 unspecified atom stereocenters. The summed E-state index contributed by atoms with van der Waals surface area (Å²) in [7, 11) is 0. The molecular weight excluding hydrogens is 190 g/mol. The standard InChI is InChI=1S/C11H19N3O/c1-2-14-8-9(7-13-14)11(15)5-3-10(12)4-6-11/h7-8,10,15H,2-6,12H2,1H3. The van der Waals surface area contributed by atoms with Crippen molar-refractivity contribution >= 4 is 0 Å². The lowest BCUT2D eigenvalue weighted by atomic mass is 9.79. The lowest BCUT2D eigenvalue weighted by Gasteiger charge is -2.33. The van der Waals surface area contributed by atoms with Crippen LogP contribution in [0.15, 0.2) is 12.4 Å². The van der Waals surface area contributed by atoms with Crippen LogP contribution in [0.25, 0.3) is 0 Å². The Morgan fingerprint density at radius 3 is 2.80 bits per heavy atom. The Kier molecular flexibility index (Phi) is 2.80. The van der Waals surface area contributed by atoms with Gasteiger partial charge in [-0.05, 0) is 32.6 Å². The molecule has 1 aliphatic carbocycles. The molecule has 0 amide bonds. The maximum absolute atomic E-state index is 10.5. The van der Waals surface area contributed by atoms with Crippen molar-refractivity contribution in [2.75, 3.05) is 0 Å². The summed E-state index contributed by atoms with van der Waals surface area (Å²) in [5.41, 5.74) is 6.08. The second-order valence-electron chi connectivity index (χ2n) is 4.45. The van der Waals surface area contributed by atoms with Gasteiger partial charge in [0.25, 0.3) is 0 Å². The van der Waals surface area contributed by atoms with Crippen LogP contribution in [-0.4, -0.2) is 20.9 Å². The summed E-state index contributed by atoms with van der Waals surface area (Å²) < 4.78 is 1.85. The van der Waals surface area contributed by atoms with Gasteiger partial charge in [0.2, 0.25) is 0 Å². The first-order valence-corrected chi connectivity index (χ1v) is 5.65. The van der Waals surface area contributed by atoms with E-state index < -0.39 is 5.60 Å². The molecule has 1 aromatic rings. The molecule has 84 valence electrons. The van der Waals surface area contributed by atoms with Crippen LogP contribution in [0.4, 0.5) is 0 Å². The van der Waals surface area contributed by atoms with E-state index >= 15 is 0 Å². The van der Waals surface area contributed by atoms with Crippen LogP contribution in [0.5, 0.6) is 0 Å². The molecule has 0 saturated heterocycles. The number of aryl methyl sites for hydroxylation is 1. The fourth-order valence-corrected chi connectivity index (χ4v) is 2.18. The Morgan fingerprint density at radius 2 is 2.27 bits per heavy atom. The molecule has 1 aromatic heterocycles. The summed E-state index contributed by atoms with van der Waals surface area (Å²) in [6, 6.07) is 0.256. The van der Waals surface area contributed by atoms with Crippen LogP contribution >= 0.6 is 0 Å². The average molecular weight is 209 g/mol. The number of rotatable bonds is 2. The number of aliphatic hydroxyl groups is 1. The van der Waals surface area contributed by atoms with Crippen LogP contribution in [0, 0.1) is 0 Å². The van der Waals surface area contributed by atoms with Gasteiger partial charge >= 0.3 is 0 Å². The third kappa shape index (κ3) is 2.06. The quantitative estimate of drug-likeness (QED) is 0.763. The molecule has 15 heavy (non-hydrogen) atoms. The van der Waals surface area contributed by atoms with Crippen molar-refractivity contribution in [2.45, 2.75) is 50.8 Å². The van der Waals surface area contributed by atoms with Crippen LogP contribution < -0.4 is 5.73 Å². The van der Waals surface area contributed by atoms with Crippen molar-refractivity contribution in [3.05, 3.63) is 18.0 Å². The fraction of sp³-hybridized carbons (Fsp3) is 0.727. The second-order valence-corrected chi connectivity index (χ2v) is 4.45. The third-order valence-electron chi connectivity index (χ3n) is 3.35. The normalized spacial score (nSPS) is 31.8. The molecule has 4 nitrogen and oxygen atoms in total. The van der Waals surface area contributed by atoms with Gasteiger partial charge in [-0.25, -0.2) is 0 Å². The van der Waals surface area contributed by atoms with Crippen LogP contribution in [0.3, 0.4) is 0 Å². The molecule has 1 saturated carbocycles. The summed E-state index contributed by atoms with van der Waals surface area (Å²) >= 11 is 0. The molecule has 1 aliphatic rings. The predicted octanol–water partition coefficient (Wildman–Crippen LogP) is 0.992. The fourth-order valence-electron chi connectivity index (χ4n) is 2.18. The van der Waals surface area contributed by atoms with Gasteiger partial charge in [0, 0.05) is 24.3 Å². The predicted molar refractivity (Wildman–Crippen MR) is 58.2 cm³/mol. The number of nitrogens with two attached hydrogens (primary N) is 1. The van der Waals surface area contributed by atoms with Gasteiger partial charge in [-0.3, -0.25) is 4.68 Å². The van der Waals surface area contributed by atoms with Gasteiger partial charge in [-0.1, -0.05) is 0 Å². The zero-order valence-corrected chi connectivity index (χ0v) is 9.19. The molecule has 0 spiro atoms. The Bertz CT molecular complexity index is 326. The first kappa shape index (κ1) is 10.6. The van der Waals surface area contributed by atoms with Crippen LogP contribution in [-0.2, 0) is 12.1 Å². The first-order chi connectivity index (χ1) is 7.14. The summed E-state index contributed by atoms with van der Waals surface area (Å²) in [6.45, 7) is 2.88. The largest absolute Gasteiger partial charge is 0.385 e. The monoisotopic (exact) mass is 209 g/mol. The van der Waals surface area contributed by atoms with Crippen molar-refractivity contribution in [1.82, 2.24) is 9.78 Å². The minimum Gasteiger partial charge on any atom is -0.385 e. The van der Waals surface area contributed by atoms with Crippen LogP contribution in [0.1, 0.15) is 38.2 Å². The average Bonchev–Trinajstić information content (AvgIpc) is 2.72. The number of hydrogen-bond donors (Lipinski definition) is 2. The van der Waals surface area contributed by atoms with E-state index in [2.05, 4.69) is 5.10 Å². The Morgan fingerprint density at radius 1 is 1.60 bits per heavy atom. The maximum atomic E-state index is 10.5. The number of hydrogen-bond acceptors (Lipinski definition) is 3. The Hall–Kier alpha value is -0.870. The lowest BCUT2D eigenvalue weighted by Crippen LogP contribution is -2.36. The molecule has 3 N–H and O–H groups in total. The lowest BCUT2D eigenvalue weighted by molar-refractivity contribution is -0.00503. The van der Waals surface area contributed by atoms with Crippen molar-refractivity contribution in [2.24, 2.45) is 5.73 Å². The van der Waals surface area contributed by atoms with Gasteiger partial charge in [-0.2, -0.15) is 5.10 Å². The van der Waals surface area contributed by atoms with Crippen molar-refractivity contribution in [1.29, 1.82) is 0 Å². The van der Waals surface area contributed by atoms with E-state index in [9.17, 15) is 5.11 Å². The van der Waals surface area contributed by atoms with E-state index in [0.29, 0.717) is 0 Å². The van der Waals surface area contributed by atoms with E-state index in [0.717, 1.165) is 37.8 Å². The van der Waals surface area contributed by atoms with E-state index in [1.165, 1.54) is 0 Å². The van der Waals surface area contributed by atoms with Crippen molar-refractivity contribution in [3.8, 4) is 0 Å². The Balaban J connectivity index is 2.14. The molecule has 0 radical (unpaired) electrons. The summed E-state index contributed by atoms with van der Waals surface area (Å²) in [5.74, 6) is 0. The zero-order chi connectivity index (χ0) is 10.9.